The van der Waals surface area contributed by atoms with E-state index in [1.54, 1.807) is 40.8 Å². The van der Waals surface area contributed by atoms with Gasteiger partial charge in [0.25, 0.3) is 0 Å². The Morgan fingerprint density at radius 3 is 2.78 bits per heavy atom. The number of aromatic nitrogens is 3. The Labute approximate surface area is 162 Å². The summed E-state index contributed by atoms with van der Waals surface area (Å²) in [5.41, 5.74) is 1.48. The number of fused-ring (bicyclic) bond motifs is 1. The second-order valence-electron chi connectivity index (χ2n) is 7.18. The molecule has 0 radical (unpaired) electrons. The van der Waals surface area contributed by atoms with Gasteiger partial charge in [-0.25, -0.2) is 4.98 Å². The van der Waals surface area contributed by atoms with Gasteiger partial charge in [0, 0.05) is 22.9 Å². The van der Waals surface area contributed by atoms with Gasteiger partial charge in [0.15, 0.2) is 0 Å². The molecular weight excluding hydrogens is 360 g/mol. The smallest absolute Gasteiger partial charge is 0.242 e. The zero-order chi connectivity index (χ0) is 19.4. The normalized spacial score (nSPS) is 11.5. The summed E-state index contributed by atoms with van der Waals surface area (Å²) < 4.78 is 1.62. The number of thioether (sulfide) groups is 1. The summed E-state index contributed by atoms with van der Waals surface area (Å²) >= 11 is 1.69. The zero-order valence-electron chi connectivity index (χ0n) is 15.6. The van der Waals surface area contributed by atoms with E-state index in [-0.39, 0.29) is 22.6 Å². The monoisotopic (exact) mass is 382 g/mol. The fourth-order valence-electron chi connectivity index (χ4n) is 2.61. The lowest BCUT2D eigenvalue weighted by atomic mass is 10.2. The molecular formula is C20H22N4O2S. The molecule has 1 aromatic carbocycles. The van der Waals surface area contributed by atoms with Crippen molar-refractivity contribution in [3.8, 4) is 0 Å². The lowest BCUT2D eigenvalue weighted by molar-refractivity contribution is -0.121. The van der Waals surface area contributed by atoms with E-state index in [1.165, 1.54) is 6.20 Å². The van der Waals surface area contributed by atoms with E-state index >= 15 is 0 Å². The Bertz CT molecular complexity index is 1020. The molecule has 0 bridgehead atoms. The van der Waals surface area contributed by atoms with Gasteiger partial charge in [0.2, 0.25) is 11.3 Å². The molecule has 0 saturated heterocycles. The molecule has 1 N–H and O–H groups in total. The number of rotatable bonds is 5. The van der Waals surface area contributed by atoms with Gasteiger partial charge < -0.3 is 5.32 Å². The third-order valence-corrected chi connectivity index (χ3v) is 4.80. The largest absolute Gasteiger partial charge is 0.350 e. The first-order valence-electron chi connectivity index (χ1n) is 8.67. The minimum Gasteiger partial charge on any atom is -0.350 e. The van der Waals surface area contributed by atoms with Crippen LogP contribution in [0.15, 0.2) is 58.6 Å². The molecule has 2 aromatic heterocycles. The van der Waals surface area contributed by atoms with Crippen molar-refractivity contribution in [2.24, 2.45) is 0 Å². The number of benzene rings is 1. The van der Waals surface area contributed by atoms with Gasteiger partial charge in [-0.1, -0.05) is 32.9 Å². The van der Waals surface area contributed by atoms with Crippen molar-refractivity contribution in [2.75, 3.05) is 0 Å². The molecule has 0 aliphatic carbocycles. The van der Waals surface area contributed by atoms with E-state index in [1.807, 2.05) is 18.2 Å². The van der Waals surface area contributed by atoms with Crippen LogP contribution < -0.4 is 10.7 Å². The van der Waals surface area contributed by atoms with Gasteiger partial charge >= 0.3 is 0 Å². The van der Waals surface area contributed by atoms with Crippen molar-refractivity contribution in [1.82, 2.24) is 20.1 Å². The molecule has 6 nitrogen and oxygen atoms in total. The summed E-state index contributed by atoms with van der Waals surface area (Å²) in [5.74, 6) is -0.168. The van der Waals surface area contributed by atoms with Crippen molar-refractivity contribution in [2.45, 2.75) is 43.6 Å². The second kappa shape index (κ2) is 7.92. The molecule has 0 spiro atoms. The molecule has 0 atom stereocenters. The van der Waals surface area contributed by atoms with Crippen molar-refractivity contribution >= 4 is 28.6 Å². The van der Waals surface area contributed by atoms with Crippen molar-refractivity contribution in [3.63, 3.8) is 0 Å². The Morgan fingerprint density at radius 1 is 1.22 bits per heavy atom. The molecule has 7 heteroatoms. The third kappa shape index (κ3) is 5.17. The second-order valence-corrected chi connectivity index (χ2v) is 9.02. The van der Waals surface area contributed by atoms with Crippen LogP contribution in [0.25, 0.3) is 10.9 Å². The van der Waals surface area contributed by atoms with Crippen LogP contribution in [-0.4, -0.2) is 25.4 Å². The fourth-order valence-corrected chi connectivity index (χ4v) is 3.56. The van der Waals surface area contributed by atoms with Crippen molar-refractivity contribution < 1.29 is 4.79 Å². The molecule has 1 amide bonds. The predicted molar refractivity (Wildman–Crippen MR) is 108 cm³/mol. The number of nitrogens with zero attached hydrogens (tertiary/aromatic N) is 3. The Hall–Kier alpha value is -2.67. The standard InChI is InChI=1S/C20H22N4O2S/c1-20(2,3)27-19-10-14(8-9-21-19)11-22-18(26)13-24-16-7-5-4-6-15(16)17(25)12-23-24/h4-10,12H,11,13H2,1-3H3,(H,22,26). The SMILES string of the molecule is CC(C)(C)Sc1cc(CNC(=O)Cn2ncc(=O)c3ccccc32)ccn1. The van der Waals surface area contributed by atoms with E-state index in [0.717, 1.165) is 10.6 Å². The molecule has 0 unspecified atom stereocenters. The summed E-state index contributed by atoms with van der Waals surface area (Å²) in [7, 11) is 0. The minimum atomic E-state index is -0.168. The van der Waals surface area contributed by atoms with Crippen LogP contribution in [0.1, 0.15) is 26.3 Å². The average molecular weight is 382 g/mol. The summed E-state index contributed by atoms with van der Waals surface area (Å²) in [6, 6.07) is 11.0. The highest BCUT2D eigenvalue weighted by molar-refractivity contribution is 8.00. The Morgan fingerprint density at radius 2 is 2.00 bits per heavy atom. The van der Waals surface area contributed by atoms with Crippen LogP contribution >= 0.6 is 11.8 Å². The predicted octanol–water partition coefficient (Wildman–Crippen LogP) is 3.00. The van der Waals surface area contributed by atoms with Gasteiger partial charge in [-0.3, -0.25) is 14.3 Å². The van der Waals surface area contributed by atoms with Gasteiger partial charge in [-0.2, -0.15) is 5.10 Å². The van der Waals surface area contributed by atoms with Crippen LogP contribution in [0.5, 0.6) is 0 Å². The van der Waals surface area contributed by atoms with E-state index in [9.17, 15) is 9.59 Å². The van der Waals surface area contributed by atoms with Crippen LogP contribution in [0.4, 0.5) is 0 Å². The molecule has 27 heavy (non-hydrogen) atoms. The van der Waals surface area contributed by atoms with E-state index < -0.39 is 0 Å². The fraction of sp³-hybridized carbons (Fsp3) is 0.300. The topological polar surface area (TPSA) is 76.9 Å². The number of hydrogen-bond donors (Lipinski definition) is 1. The Kier molecular flexibility index (Phi) is 5.60. The highest BCUT2D eigenvalue weighted by Gasteiger charge is 2.13. The Balaban J connectivity index is 1.67. The molecule has 3 aromatic rings. The molecule has 0 saturated carbocycles. The number of para-hydroxylation sites is 1. The number of carbonyl (C=O) groups is 1. The number of hydrogen-bond acceptors (Lipinski definition) is 5. The lowest BCUT2D eigenvalue weighted by Crippen LogP contribution is -2.28. The maximum atomic E-state index is 12.4. The van der Waals surface area contributed by atoms with Gasteiger partial charge in [0.05, 0.1) is 16.7 Å². The molecule has 0 aliphatic heterocycles. The van der Waals surface area contributed by atoms with Crippen LogP contribution in [0, 0.1) is 0 Å². The van der Waals surface area contributed by atoms with Gasteiger partial charge in [-0.05, 0) is 29.8 Å². The van der Waals surface area contributed by atoms with Crippen LogP contribution in [0.3, 0.4) is 0 Å². The molecule has 140 valence electrons. The molecule has 0 aliphatic rings. The zero-order valence-corrected chi connectivity index (χ0v) is 16.4. The summed E-state index contributed by atoms with van der Waals surface area (Å²) in [6.45, 7) is 6.87. The molecule has 2 heterocycles. The lowest BCUT2D eigenvalue weighted by Gasteiger charge is -2.17. The first-order chi connectivity index (χ1) is 12.8. The maximum absolute atomic E-state index is 12.4. The first kappa shape index (κ1) is 19.1. The van der Waals surface area contributed by atoms with Crippen molar-refractivity contribution in [1.29, 1.82) is 0 Å². The van der Waals surface area contributed by atoms with Crippen LogP contribution in [-0.2, 0) is 17.9 Å². The van der Waals surface area contributed by atoms with Crippen molar-refractivity contribution in [3.05, 3.63) is 64.6 Å². The van der Waals surface area contributed by atoms with E-state index in [4.69, 9.17) is 0 Å². The van der Waals surface area contributed by atoms with E-state index in [2.05, 4.69) is 36.2 Å². The average Bonchev–Trinajstić information content (AvgIpc) is 2.61. The van der Waals surface area contributed by atoms with E-state index in [0.29, 0.717) is 17.4 Å². The minimum absolute atomic E-state index is 0.0511. The summed E-state index contributed by atoms with van der Waals surface area (Å²) in [6.07, 6.45) is 3.00. The summed E-state index contributed by atoms with van der Waals surface area (Å²) in [5, 5.41) is 8.47. The highest BCUT2D eigenvalue weighted by atomic mass is 32.2. The number of amides is 1. The summed E-state index contributed by atoms with van der Waals surface area (Å²) in [4.78, 5) is 28.6. The van der Waals surface area contributed by atoms with Crippen LogP contribution in [0.2, 0.25) is 0 Å². The first-order valence-corrected chi connectivity index (χ1v) is 9.49. The van der Waals surface area contributed by atoms with Gasteiger partial charge in [-0.15, -0.1) is 11.8 Å². The highest BCUT2D eigenvalue weighted by Crippen LogP contribution is 2.30. The number of pyridine rings is 1. The molecule has 3 rings (SSSR count). The van der Waals surface area contributed by atoms with Gasteiger partial charge in [0.1, 0.15) is 6.54 Å². The number of nitrogens with one attached hydrogen (secondary N) is 1. The molecule has 0 fully saturated rings. The maximum Gasteiger partial charge on any atom is 0.242 e. The quantitative estimate of drug-likeness (QED) is 0.687. The third-order valence-electron chi connectivity index (χ3n) is 3.76. The number of carbonyl (C=O) groups excluding carboxylic acids is 1.